The number of alkyl carbamates (subject to hydrolysis) is 1. The highest BCUT2D eigenvalue weighted by atomic mass is 16.5. The molecule has 7 heteroatoms. The van der Waals surface area contributed by atoms with Crippen LogP contribution in [0.5, 0.6) is 5.75 Å². The molecule has 196 valence electrons. The predicted octanol–water partition coefficient (Wildman–Crippen LogP) is 6.20. The molecule has 7 nitrogen and oxygen atoms in total. The van der Waals surface area contributed by atoms with Crippen molar-refractivity contribution < 1.29 is 23.8 Å². The van der Waals surface area contributed by atoms with Crippen LogP contribution in [0.3, 0.4) is 0 Å². The van der Waals surface area contributed by atoms with Crippen LogP contribution in [-0.2, 0) is 17.6 Å². The standard InChI is InChI=1S/C29H39NO6/c1-6-7-11-22-13-15-23(21(4)17-22)14-12-20(3)27(32)26-24(31)18-25(36-28(26)33)19(2)10-8-9-16-30-29(34)35-5/h9,13,15-20,31H,6-8,10-12,14H2,1-5H3,(H,30,34)/b16-9+. The van der Waals surface area contributed by atoms with Crippen molar-refractivity contribution in [3.05, 3.63) is 75.0 Å². The average Bonchev–Trinajstić information content (AvgIpc) is 2.85. The van der Waals surface area contributed by atoms with E-state index in [1.165, 1.54) is 42.5 Å². The van der Waals surface area contributed by atoms with Crippen molar-refractivity contribution >= 4 is 11.9 Å². The second-order valence-electron chi connectivity index (χ2n) is 9.38. The summed E-state index contributed by atoms with van der Waals surface area (Å²) in [5.74, 6) is -1.04. The van der Waals surface area contributed by atoms with Crippen LogP contribution in [0.25, 0.3) is 0 Å². The molecule has 2 unspecified atom stereocenters. The van der Waals surface area contributed by atoms with Gasteiger partial charge in [0.15, 0.2) is 5.78 Å². The lowest BCUT2D eigenvalue weighted by Gasteiger charge is -2.14. The Hall–Kier alpha value is -3.35. The quantitative estimate of drug-likeness (QED) is 0.319. The number of allylic oxidation sites excluding steroid dienone is 1. The maximum absolute atomic E-state index is 13.0. The van der Waals surface area contributed by atoms with Crippen LogP contribution >= 0.6 is 0 Å². The van der Waals surface area contributed by atoms with E-state index in [2.05, 4.69) is 42.1 Å². The molecule has 2 aromatic rings. The van der Waals surface area contributed by atoms with Gasteiger partial charge in [0.2, 0.25) is 0 Å². The van der Waals surface area contributed by atoms with Gasteiger partial charge in [0.1, 0.15) is 17.1 Å². The van der Waals surface area contributed by atoms with Crippen LogP contribution in [0.4, 0.5) is 4.79 Å². The summed E-state index contributed by atoms with van der Waals surface area (Å²) >= 11 is 0. The second kappa shape index (κ2) is 14.3. The van der Waals surface area contributed by atoms with E-state index in [9.17, 15) is 19.5 Å². The number of ketones is 1. The van der Waals surface area contributed by atoms with Crippen molar-refractivity contribution in [2.75, 3.05) is 7.11 Å². The minimum Gasteiger partial charge on any atom is -0.507 e. The Morgan fingerprint density at radius 2 is 1.92 bits per heavy atom. The SMILES string of the molecule is CCCCc1ccc(CCC(C)C(=O)c2c(O)cc(C(C)CC/C=C/NC(=O)OC)oc2=O)c(C)c1. The van der Waals surface area contributed by atoms with Crippen molar-refractivity contribution in [2.45, 2.75) is 78.6 Å². The van der Waals surface area contributed by atoms with Gasteiger partial charge in [0, 0.05) is 24.1 Å². The first-order valence-corrected chi connectivity index (χ1v) is 12.7. The maximum atomic E-state index is 13.0. The third kappa shape index (κ3) is 8.40. The molecule has 1 amide bonds. The minimum atomic E-state index is -0.812. The normalized spacial score (nSPS) is 12.9. The highest BCUT2D eigenvalue weighted by Crippen LogP contribution is 2.27. The number of amides is 1. The fourth-order valence-electron chi connectivity index (χ4n) is 4.05. The van der Waals surface area contributed by atoms with Crippen molar-refractivity contribution in [3.63, 3.8) is 0 Å². The molecule has 0 bridgehead atoms. The zero-order valence-corrected chi connectivity index (χ0v) is 22.1. The smallest absolute Gasteiger partial charge is 0.410 e. The largest absolute Gasteiger partial charge is 0.507 e. The molecule has 1 aromatic carbocycles. The lowest BCUT2D eigenvalue weighted by Crippen LogP contribution is -2.21. The molecular formula is C29H39NO6. The predicted molar refractivity (Wildman–Crippen MR) is 141 cm³/mol. The summed E-state index contributed by atoms with van der Waals surface area (Å²) in [5, 5.41) is 12.9. The number of ether oxygens (including phenoxy) is 1. The first-order valence-electron chi connectivity index (χ1n) is 12.7. The van der Waals surface area contributed by atoms with Gasteiger partial charge in [0.25, 0.3) is 0 Å². The van der Waals surface area contributed by atoms with Gasteiger partial charge in [0.05, 0.1) is 7.11 Å². The van der Waals surface area contributed by atoms with Crippen LogP contribution in [0.1, 0.15) is 91.6 Å². The van der Waals surface area contributed by atoms with Crippen LogP contribution in [0.15, 0.2) is 45.8 Å². The summed E-state index contributed by atoms with van der Waals surface area (Å²) in [6.45, 7) is 7.90. The van der Waals surface area contributed by atoms with Gasteiger partial charge in [-0.1, -0.05) is 51.5 Å². The number of methoxy groups -OCH3 is 1. The number of aromatic hydroxyl groups is 1. The number of unbranched alkanes of at least 4 members (excludes halogenated alkanes) is 1. The molecule has 0 aliphatic heterocycles. The Morgan fingerprint density at radius 1 is 1.17 bits per heavy atom. The van der Waals surface area contributed by atoms with E-state index in [-0.39, 0.29) is 17.2 Å². The average molecular weight is 498 g/mol. The zero-order chi connectivity index (χ0) is 26.7. The molecular weight excluding hydrogens is 458 g/mol. The van der Waals surface area contributed by atoms with E-state index in [1.54, 1.807) is 13.0 Å². The third-order valence-electron chi connectivity index (χ3n) is 6.47. The Bertz CT molecular complexity index is 1120. The Balaban J connectivity index is 1.99. The molecule has 1 aromatic heterocycles. The lowest BCUT2D eigenvalue weighted by atomic mass is 9.91. The van der Waals surface area contributed by atoms with Gasteiger partial charge in [-0.05, 0) is 62.1 Å². The number of carbonyl (C=O) groups excluding carboxylic acids is 2. The lowest BCUT2D eigenvalue weighted by molar-refractivity contribution is 0.0916. The van der Waals surface area contributed by atoms with Gasteiger partial charge in [-0.25, -0.2) is 9.59 Å². The van der Waals surface area contributed by atoms with Crippen LogP contribution in [0, 0.1) is 12.8 Å². The Kier molecular flexibility index (Phi) is 11.4. The fourth-order valence-corrected chi connectivity index (χ4v) is 4.05. The molecule has 0 fully saturated rings. The molecule has 0 aliphatic carbocycles. The maximum Gasteiger partial charge on any atom is 0.410 e. The van der Waals surface area contributed by atoms with E-state index in [1.807, 2.05) is 6.92 Å². The van der Waals surface area contributed by atoms with Crippen molar-refractivity contribution in [1.29, 1.82) is 0 Å². The summed E-state index contributed by atoms with van der Waals surface area (Å²) in [4.78, 5) is 36.6. The number of hydrogen-bond donors (Lipinski definition) is 2. The van der Waals surface area contributed by atoms with E-state index >= 15 is 0 Å². The van der Waals surface area contributed by atoms with Crippen LogP contribution < -0.4 is 10.9 Å². The molecule has 0 radical (unpaired) electrons. The monoisotopic (exact) mass is 497 g/mol. The summed E-state index contributed by atoms with van der Waals surface area (Å²) in [7, 11) is 1.28. The molecule has 2 atom stereocenters. The summed E-state index contributed by atoms with van der Waals surface area (Å²) in [5.41, 5.74) is 2.62. The number of nitrogens with one attached hydrogen (secondary N) is 1. The Labute approximate surface area is 213 Å². The molecule has 0 saturated carbocycles. The highest BCUT2D eigenvalue weighted by Gasteiger charge is 2.25. The summed E-state index contributed by atoms with van der Waals surface area (Å²) in [6, 6.07) is 7.85. The van der Waals surface area contributed by atoms with Gasteiger partial charge in [-0.2, -0.15) is 0 Å². The van der Waals surface area contributed by atoms with Crippen molar-refractivity contribution in [1.82, 2.24) is 5.32 Å². The van der Waals surface area contributed by atoms with Gasteiger partial charge < -0.3 is 14.3 Å². The molecule has 0 aliphatic rings. The van der Waals surface area contributed by atoms with Gasteiger partial charge >= 0.3 is 11.7 Å². The van der Waals surface area contributed by atoms with Gasteiger partial charge in [-0.15, -0.1) is 0 Å². The number of carbonyl (C=O) groups is 2. The molecule has 1 heterocycles. The number of hydrogen-bond acceptors (Lipinski definition) is 6. The van der Waals surface area contributed by atoms with E-state index in [0.717, 1.165) is 12.8 Å². The first-order chi connectivity index (χ1) is 17.2. The van der Waals surface area contributed by atoms with Crippen molar-refractivity contribution in [2.24, 2.45) is 5.92 Å². The molecule has 0 spiro atoms. The zero-order valence-electron chi connectivity index (χ0n) is 22.1. The van der Waals surface area contributed by atoms with Gasteiger partial charge in [-0.3, -0.25) is 10.1 Å². The first kappa shape index (κ1) is 28.9. The molecule has 36 heavy (non-hydrogen) atoms. The van der Waals surface area contributed by atoms with Crippen LogP contribution in [-0.4, -0.2) is 24.1 Å². The topological polar surface area (TPSA) is 106 Å². The molecule has 0 saturated heterocycles. The summed E-state index contributed by atoms with van der Waals surface area (Å²) in [6.07, 6.45) is 8.58. The second-order valence-corrected chi connectivity index (χ2v) is 9.38. The third-order valence-corrected chi connectivity index (χ3v) is 6.47. The molecule has 2 rings (SSSR count). The number of Topliss-reactive ketones (excluding diaryl/α,β-unsaturated/α-hetero) is 1. The number of benzene rings is 1. The van der Waals surface area contributed by atoms with Crippen molar-refractivity contribution in [3.8, 4) is 5.75 Å². The summed E-state index contributed by atoms with van der Waals surface area (Å²) < 4.78 is 9.89. The van der Waals surface area contributed by atoms with E-state index < -0.39 is 23.4 Å². The number of rotatable bonds is 13. The highest BCUT2D eigenvalue weighted by molar-refractivity contribution is 5.99. The minimum absolute atomic E-state index is 0.170. The van der Waals surface area contributed by atoms with E-state index in [0.29, 0.717) is 31.4 Å². The molecule has 2 N–H and O–H groups in total. The van der Waals surface area contributed by atoms with E-state index in [4.69, 9.17) is 4.42 Å². The van der Waals surface area contributed by atoms with Crippen LogP contribution in [0.2, 0.25) is 0 Å². The number of aryl methyl sites for hydroxylation is 3. The Morgan fingerprint density at radius 3 is 2.56 bits per heavy atom. The fraction of sp³-hybridized carbons (Fsp3) is 0.483.